The number of halogens is 2. The van der Waals surface area contributed by atoms with Gasteiger partial charge in [0, 0.05) is 11.7 Å². The number of nitrogens with one attached hydrogen (secondary N) is 1. The minimum absolute atomic E-state index is 0.0747. The summed E-state index contributed by atoms with van der Waals surface area (Å²) in [5.74, 6) is -0.542. The lowest BCUT2D eigenvalue weighted by Gasteiger charge is -2.15. The molecule has 1 heterocycles. The van der Waals surface area contributed by atoms with Gasteiger partial charge in [0.2, 0.25) is 5.91 Å². The van der Waals surface area contributed by atoms with Crippen molar-refractivity contribution in [1.29, 1.82) is 0 Å². The predicted molar refractivity (Wildman–Crippen MR) is 81.3 cm³/mol. The topological polar surface area (TPSA) is 55.1 Å². The van der Waals surface area contributed by atoms with Crippen molar-refractivity contribution in [3.8, 4) is 0 Å². The van der Waals surface area contributed by atoms with E-state index in [1.807, 2.05) is 18.4 Å². The Morgan fingerprint density at radius 3 is 2.68 bits per heavy atom. The van der Waals surface area contributed by atoms with Gasteiger partial charge in [-0.15, -0.1) is 11.3 Å². The fraction of sp³-hybridized carbons (Fsp3) is 0.154. The quantitative estimate of drug-likeness (QED) is 0.882. The van der Waals surface area contributed by atoms with E-state index in [1.54, 1.807) is 18.2 Å². The zero-order valence-electron chi connectivity index (χ0n) is 10.1. The van der Waals surface area contributed by atoms with Crippen molar-refractivity contribution < 1.29 is 4.79 Å². The number of primary amides is 1. The van der Waals surface area contributed by atoms with E-state index in [9.17, 15) is 4.79 Å². The van der Waals surface area contributed by atoms with Crippen LogP contribution in [0.2, 0.25) is 9.36 Å². The molecule has 19 heavy (non-hydrogen) atoms. The predicted octanol–water partition coefficient (Wildman–Crippen LogP) is 4.33. The van der Waals surface area contributed by atoms with Crippen molar-refractivity contribution in [3.05, 3.63) is 50.1 Å². The Labute approximate surface area is 125 Å². The molecule has 1 atom stereocenters. The summed E-state index contributed by atoms with van der Waals surface area (Å²) in [5, 5.41) is 5.62. The summed E-state index contributed by atoms with van der Waals surface area (Å²) < 4.78 is 0.748. The number of carbonyl (C=O) groups excluding carboxylic acids is 1. The van der Waals surface area contributed by atoms with E-state index in [0.29, 0.717) is 10.6 Å². The van der Waals surface area contributed by atoms with Gasteiger partial charge in [0.25, 0.3) is 0 Å². The number of hydrogen-bond acceptors (Lipinski definition) is 3. The Kier molecular flexibility index (Phi) is 4.34. The third-order valence-electron chi connectivity index (χ3n) is 2.70. The number of nitrogens with two attached hydrogens (primary N) is 1. The molecule has 6 heteroatoms. The molecular weight excluding hydrogens is 303 g/mol. The number of amides is 1. The van der Waals surface area contributed by atoms with Gasteiger partial charge in [-0.05, 0) is 42.1 Å². The third kappa shape index (κ3) is 3.41. The highest BCUT2D eigenvalue weighted by atomic mass is 35.5. The van der Waals surface area contributed by atoms with Crippen LogP contribution in [0.25, 0.3) is 0 Å². The van der Waals surface area contributed by atoms with Gasteiger partial charge in [-0.3, -0.25) is 4.79 Å². The van der Waals surface area contributed by atoms with Crippen LogP contribution < -0.4 is 11.1 Å². The van der Waals surface area contributed by atoms with Gasteiger partial charge in [0.1, 0.15) is 0 Å². The number of benzene rings is 1. The molecule has 2 rings (SSSR count). The minimum Gasteiger partial charge on any atom is -0.378 e. The minimum atomic E-state index is -0.542. The Morgan fingerprint density at radius 1 is 1.37 bits per heavy atom. The molecule has 1 aromatic heterocycles. The van der Waals surface area contributed by atoms with Crippen LogP contribution >= 0.6 is 34.5 Å². The second-order valence-electron chi connectivity index (χ2n) is 4.11. The summed E-state index contributed by atoms with van der Waals surface area (Å²) in [6.45, 7) is 2.01. The number of hydrogen-bond donors (Lipinski definition) is 2. The molecule has 1 aromatic carbocycles. The molecule has 3 N–H and O–H groups in total. The lowest BCUT2D eigenvalue weighted by Crippen LogP contribution is -2.13. The Bertz CT molecular complexity index is 612. The zero-order valence-corrected chi connectivity index (χ0v) is 12.4. The van der Waals surface area contributed by atoms with E-state index in [-0.39, 0.29) is 6.04 Å². The summed E-state index contributed by atoms with van der Waals surface area (Å²) in [7, 11) is 0. The van der Waals surface area contributed by atoms with Crippen LogP contribution in [-0.4, -0.2) is 5.91 Å². The van der Waals surface area contributed by atoms with Crippen LogP contribution in [0.4, 0.5) is 5.69 Å². The van der Waals surface area contributed by atoms with E-state index in [2.05, 4.69) is 5.32 Å². The van der Waals surface area contributed by atoms with Crippen LogP contribution in [0.3, 0.4) is 0 Å². The van der Waals surface area contributed by atoms with Gasteiger partial charge >= 0.3 is 0 Å². The molecule has 1 amide bonds. The number of rotatable bonds is 4. The second-order valence-corrected chi connectivity index (χ2v) is 6.06. The van der Waals surface area contributed by atoms with Gasteiger partial charge in [-0.25, -0.2) is 0 Å². The van der Waals surface area contributed by atoms with Gasteiger partial charge in [-0.1, -0.05) is 23.2 Å². The van der Waals surface area contributed by atoms with Crippen molar-refractivity contribution in [2.75, 3.05) is 5.32 Å². The van der Waals surface area contributed by atoms with Crippen molar-refractivity contribution in [2.45, 2.75) is 13.0 Å². The maximum absolute atomic E-state index is 11.2. The molecule has 0 saturated heterocycles. The monoisotopic (exact) mass is 314 g/mol. The first kappa shape index (κ1) is 14.2. The Morgan fingerprint density at radius 2 is 2.11 bits per heavy atom. The average molecular weight is 315 g/mol. The lowest BCUT2D eigenvalue weighted by molar-refractivity contribution is 0.100. The summed E-state index contributed by atoms with van der Waals surface area (Å²) in [6, 6.07) is 7.09. The Hall–Kier alpha value is -1.23. The molecule has 3 nitrogen and oxygen atoms in total. The molecule has 0 aliphatic carbocycles. The zero-order chi connectivity index (χ0) is 14.0. The SMILES string of the molecule is CC(Nc1ccc(Cl)c(C(N)=O)c1)c1csc(Cl)c1. The van der Waals surface area contributed by atoms with E-state index >= 15 is 0 Å². The maximum Gasteiger partial charge on any atom is 0.250 e. The molecule has 1 unspecified atom stereocenters. The first-order valence-electron chi connectivity index (χ1n) is 5.57. The van der Waals surface area contributed by atoms with Crippen LogP contribution in [-0.2, 0) is 0 Å². The molecule has 0 fully saturated rings. The van der Waals surface area contributed by atoms with Crippen molar-refractivity contribution >= 4 is 46.1 Å². The van der Waals surface area contributed by atoms with E-state index in [1.165, 1.54) is 11.3 Å². The largest absolute Gasteiger partial charge is 0.378 e. The molecule has 0 radical (unpaired) electrons. The average Bonchev–Trinajstić information content (AvgIpc) is 2.78. The first-order chi connectivity index (χ1) is 8.97. The third-order valence-corrected chi connectivity index (χ3v) is 4.14. The van der Waals surface area contributed by atoms with Gasteiger partial charge in [0.15, 0.2) is 0 Å². The van der Waals surface area contributed by atoms with Crippen LogP contribution in [0.5, 0.6) is 0 Å². The molecule has 0 bridgehead atoms. The lowest BCUT2D eigenvalue weighted by atomic mass is 10.1. The standard InChI is InChI=1S/C13H12Cl2N2OS/c1-7(8-4-12(15)19-6-8)17-9-2-3-11(14)10(5-9)13(16)18/h2-7,17H,1H3,(H2,16,18). The van der Waals surface area contributed by atoms with Crippen molar-refractivity contribution in [3.63, 3.8) is 0 Å². The number of anilines is 1. The highest BCUT2D eigenvalue weighted by Gasteiger charge is 2.11. The molecule has 0 aliphatic heterocycles. The second kappa shape index (κ2) is 5.82. The van der Waals surface area contributed by atoms with Crippen LogP contribution in [0.1, 0.15) is 28.9 Å². The van der Waals surface area contributed by atoms with Gasteiger partial charge < -0.3 is 11.1 Å². The van der Waals surface area contributed by atoms with Crippen LogP contribution in [0, 0.1) is 0 Å². The highest BCUT2D eigenvalue weighted by molar-refractivity contribution is 7.14. The van der Waals surface area contributed by atoms with Gasteiger partial charge in [0.05, 0.1) is 14.9 Å². The normalized spacial score (nSPS) is 12.2. The van der Waals surface area contributed by atoms with E-state index < -0.39 is 5.91 Å². The van der Waals surface area contributed by atoms with Gasteiger partial charge in [-0.2, -0.15) is 0 Å². The fourth-order valence-corrected chi connectivity index (χ4v) is 2.88. The highest BCUT2D eigenvalue weighted by Crippen LogP contribution is 2.28. The molecular formula is C13H12Cl2N2OS. The van der Waals surface area contributed by atoms with Crippen molar-refractivity contribution in [1.82, 2.24) is 0 Å². The van der Waals surface area contributed by atoms with E-state index in [4.69, 9.17) is 28.9 Å². The summed E-state index contributed by atoms with van der Waals surface area (Å²) in [6.07, 6.45) is 0. The van der Waals surface area contributed by atoms with Crippen LogP contribution in [0.15, 0.2) is 29.6 Å². The molecule has 0 saturated carbocycles. The number of carbonyl (C=O) groups is 1. The summed E-state index contributed by atoms with van der Waals surface area (Å²) in [5.41, 5.74) is 7.44. The fourth-order valence-electron chi connectivity index (χ4n) is 1.69. The molecule has 2 aromatic rings. The summed E-state index contributed by atoms with van der Waals surface area (Å²) >= 11 is 13.3. The molecule has 100 valence electrons. The summed E-state index contributed by atoms with van der Waals surface area (Å²) in [4.78, 5) is 11.2. The maximum atomic E-state index is 11.2. The number of thiophene rings is 1. The van der Waals surface area contributed by atoms with Crippen molar-refractivity contribution in [2.24, 2.45) is 5.73 Å². The Balaban J connectivity index is 2.19. The molecule has 0 aliphatic rings. The molecule has 0 spiro atoms. The smallest absolute Gasteiger partial charge is 0.250 e. The first-order valence-corrected chi connectivity index (χ1v) is 7.20. The van der Waals surface area contributed by atoms with E-state index in [0.717, 1.165) is 15.6 Å².